The Morgan fingerprint density at radius 3 is 2.14 bits per heavy atom. The van der Waals surface area contributed by atoms with Crippen molar-refractivity contribution in [2.24, 2.45) is 0 Å². The second-order valence-electron chi connectivity index (χ2n) is 8.10. The minimum Gasteiger partial charge on any atom is -0.236 e. The van der Waals surface area contributed by atoms with E-state index in [-0.39, 0.29) is 11.0 Å². The fraction of sp³-hybridized carbons (Fsp3) is 0.700. The Bertz CT molecular complexity index is 450. The summed E-state index contributed by atoms with van der Waals surface area (Å²) in [5.74, 6) is 0. The van der Waals surface area contributed by atoms with E-state index in [4.69, 9.17) is 9.78 Å². The van der Waals surface area contributed by atoms with Gasteiger partial charge in [-0.05, 0) is 62.1 Å². The molecule has 2 heteroatoms. The molecule has 0 N–H and O–H groups in total. The van der Waals surface area contributed by atoms with Crippen molar-refractivity contribution < 1.29 is 9.78 Å². The van der Waals surface area contributed by atoms with Gasteiger partial charge in [0.15, 0.2) is 0 Å². The molecule has 0 bridgehead atoms. The molecule has 0 aliphatic rings. The van der Waals surface area contributed by atoms with Crippen molar-refractivity contribution in [3.8, 4) is 0 Å². The minimum absolute atomic E-state index is 0.200. The molecule has 22 heavy (non-hydrogen) atoms. The highest BCUT2D eigenvalue weighted by Gasteiger charge is 2.16. The molecular weight excluding hydrogens is 272 g/mol. The van der Waals surface area contributed by atoms with Gasteiger partial charge in [0.1, 0.15) is 0 Å². The maximum atomic E-state index is 5.36. The van der Waals surface area contributed by atoms with Crippen LogP contribution in [0.3, 0.4) is 0 Å². The van der Waals surface area contributed by atoms with E-state index >= 15 is 0 Å². The average molecular weight is 306 g/mol. The lowest BCUT2D eigenvalue weighted by Crippen LogP contribution is -2.20. The lowest BCUT2D eigenvalue weighted by atomic mass is 9.84. The van der Waals surface area contributed by atoms with E-state index in [2.05, 4.69) is 45.9 Å². The van der Waals surface area contributed by atoms with E-state index in [9.17, 15) is 0 Å². The fourth-order valence-electron chi connectivity index (χ4n) is 2.31. The smallest absolute Gasteiger partial charge is 0.0952 e. The van der Waals surface area contributed by atoms with Crippen molar-refractivity contribution in [3.63, 3.8) is 0 Å². The highest BCUT2D eigenvalue weighted by atomic mass is 17.2. The molecule has 0 amide bonds. The number of hydrogen-bond acceptors (Lipinski definition) is 2. The van der Waals surface area contributed by atoms with E-state index in [1.54, 1.807) is 0 Å². The van der Waals surface area contributed by atoms with Gasteiger partial charge in [0, 0.05) is 0 Å². The normalized spacial score (nSPS) is 12.7. The largest absolute Gasteiger partial charge is 0.236 e. The molecule has 1 aromatic rings. The Balaban J connectivity index is 2.75. The minimum atomic E-state index is -0.249. The van der Waals surface area contributed by atoms with E-state index < -0.39 is 0 Å². The molecule has 0 saturated heterocycles. The van der Waals surface area contributed by atoms with Crippen molar-refractivity contribution in [2.75, 3.05) is 6.61 Å². The molecule has 0 fully saturated rings. The van der Waals surface area contributed by atoms with Crippen LogP contribution in [0, 0.1) is 0 Å². The third-order valence-corrected chi connectivity index (χ3v) is 3.64. The standard InChI is InChI=1S/C20H34O2/c1-8-9-10-17-15-18(19(2,3)4)12-11-16(17)13-14-21-22-20(5,6)7/h11-12,15H,8-10,13-14H2,1-7H3. The van der Waals surface area contributed by atoms with Crippen molar-refractivity contribution in [3.05, 3.63) is 34.9 Å². The van der Waals surface area contributed by atoms with Gasteiger partial charge in [-0.15, -0.1) is 0 Å². The molecule has 1 aromatic carbocycles. The van der Waals surface area contributed by atoms with Gasteiger partial charge in [0.2, 0.25) is 0 Å². The monoisotopic (exact) mass is 306 g/mol. The Morgan fingerprint density at radius 1 is 0.909 bits per heavy atom. The van der Waals surface area contributed by atoms with Gasteiger partial charge in [0.25, 0.3) is 0 Å². The summed E-state index contributed by atoms with van der Waals surface area (Å²) in [4.78, 5) is 10.7. The molecule has 0 saturated carbocycles. The van der Waals surface area contributed by atoms with E-state index in [0.29, 0.717) is 6.61 Å². The summed E-state index contributed by atoms with van der Waals surface area (Å²) >= 11 is 0. The summed E-state index contributed by atoms with van der Waals surface area (Å²) in [7, 11) is 0. The molecule has 0 aliphatic carbocycles. The summed E-state index contributed by atoms with van der Waals surface area (Å²) in [6, 6.07) is 6.91. The van der Waals surface area contributed by atoms with Gasteiger partial charge in [-0.2, -0.15) is 0 Å². The highest BCUT2D eigenvalue weighted by Crippen LogP contribution is 2.26. The molecule has 0 spiro atoms. The SMILES string of the molecule is CCCCc1cc(C(C)(C)C)ccc1CCOOC(C)(C)C. The van der Waals surface area contributed by atoms with Gasteiger partial charge in [0.05, 0.1) is 12.2 Å². The molecule has 0 aromatic heterocycles. The van der Waals surface area contributed by atoms with Crippen molar-refractivity contribution >= 4 is 0 Å². The van der Waals surface area contributed by atoms with E-state index in [1.807, 2.05) is 20.8 Å². The number of aryl methyl sites for hydroxylation is 1. The third-order valence-electron chi connectivity index (χ3n) is 3.64. The van der Waals surface area contributed by atoms with E-state index in [1.165, 1.54) is 29.5 Å². The number of hydrogen-bond donors (Lipinski definition) is 0. The van der Waals surface area contributed by atoms with Crippen molar-refractivity contribution in [1.82, 2.24) is 0 Å². The van der Waals surface area contributed by atoms with Gasteiger partial charge in [-0.3, -0.25) is 0 Å². The number of benzene rings is 1. The quantitative estimate of drug-likeness (QED) is 0.370. The first-order valence-corrected chi connectivity index (χ1v) is 8.56. The van der Waals surface area contributed by atoms with Gasteiger partial charge in [-0.25, -0.2) is 9.78 Å². The van der Waals surface area contributed by atoms with Crippen LogP contribution >= 0.6 is 0 Å². The summed E-state index contributed by atoms with van der Waals surface area (Å²) < 4.78 is 0. The lowest BCUT2D eigenvalue weighted by molar-refractivity contribution is -0.347. The second-order valence-corrected chi connectivity index (χ2v) is 8.10. The molecule has 0 heterocycles. The number of unbranched alkanes of at least 4 members (excludes halogenated alkanes) is 1. The van der Waals surface area contributed by atoms with Crippen molar-refractivity contribution in [2.45, 2.75) is 85.2 Å². The Morgan fingerprint density at radius 2 is 1.59 bits per heavy atom. The Labute approximate surface area is 137 Å². The number of rotatable bonds is 7. The van der Waals surface area contributed by atoms with Crippen LogP contribution in [-0.2, 0) is 28.0 Å². The van der Waals surface area contributed by atoms with Crippen LogP contribution in [0.25, 0.3) is 0 Å². The van der Waals surface area contributed by atoms with Crippen molar-refractivity contribution in [1.29, 1.82) is 0 Å². The molecule has 2 nitrogen and oxygen atoms in total. The zero-order chi connectivity index (χ0) is 16.8. The molecule has 0 atom stereocenters. The first kappa shape index (κ1) is 19.2. The lowest BCUT2D eigenvalue weighted by Gasteiger charge is -2.22. The predicted molar refractivity (Wildman–Crippen MR) is 94.2 cm³/mol. The molecular formula is C20H34O2. The summed E-state index contributed by atoms with van der Waals surface area (Å²) in [5.41, 5.74) is 4.22. The molecule has 0 aliphatic heterocycles. The molecule has 0 unspecified atom stereocenters. The Hall–Kier alpha value is -0.860. The predicted octanol–water partition coefficient (Wildman–Crippen LogP) is 5.62. The summed E-state index contributed by atoms with van der Waals surface area (Å²) in [5, 5.41) is 0. The van der Waals surface area contributed by atoms with Gasteiger partial charge < -0.3 is 0 Å². The molecule has 0 radical (unpaired) electrons. The van der Waals surface area contributed by atoms with Crippen LogP contribution in [0.5, 0.6) is 0 Å². The first-order chi connectivity index (χ1) is 10.1. The Kier molecular flexibility index (Phi) is 7.08. The zero-order valence-electron chi connectivity index (χ0n) is 15.6. The van der Waals surface area contributed by atoms with Crippen LogP contribution in [0.2, 0.25) is 0 Å². The third kappa shape index (κ3) is 6.93. The molecule has 126 valence electrons. The summed E-state index contributed by atoms with van der Waals surface area (Å²) in [6.45, 7) is 15.6. The summed E-state index contributed by atoms with van der Waals surface area (Å²) in [6.07, 6.45) is 4.51. The topological polar surface area (TPSA) is 18.5 Å². The van der Waals surface area contributed by atoms with E-state index in [0.717, 1.165) is 12.8 Å². The van der Waals surface area contributed by atoms with Gasteiger partial charge >= 0.3 is 0 Å². The van der Waals surface area contributed by atoms with Crippen LogP contribution in [0.15, 0.2) is 18.2 Å². The maximum Gasteiger partial charge on any atom is 0.0952 e. The van der Waals surface area contributed by atoms with Crippen LogP contribution < -0.4 is 0 Å². The molecule has 1 rings (SSSR count). The maximum absolute atomic E-state index is 5.36. The van der Waals surface area contributed by atoms with Crippen LogP contribution in [-0.4, -0.2) is 12.2 Å². The van der Waals surface area contributed by atoms with Gasteiger partial charge in [-0.1, -0.05) is 52.3 Å². The zero-order valence-corrected chi connectivity index (χ0v) is 15.6. The second kappa shape index (κ2) is 8.12. The average Bonchev–Trinajstić information content (AvgIpc) is 2.39. The van der Waals surface area contributed by atoms with Crippen LogP contribution in [0.4, 0.5) is 0 Å². The van der Waals surface area contributed by atoms with Crippen LogP contribution in [0.1, 0.15) is 78.0 Å². The fourth-order valence-corrected chi connectivity index (χ4v) is 2.31. The first-order valence-electron chi connectivity index (χ1n) is 8.56. The highest BCUT2D eigenvalue weighted by molar-refractivity contribution is 5.35.